The van der Waals surface area contributed by atoms with Gasteiger partial charge in [-0.15, -0.1) is 0 Å². The molecule has 1 atom stereocenters. The van der Waals surface area contributed by atoms with Crippen molar-refractivity contribution in [1.29, 1.82) is 0 Å². The number of aromatic hydroxyl groups is 1. The van der Waals surface area contributed by atoms with E-state index in [-0.39, 0.29) is 23.8 Å². The van der Waals surface area contributed by atoms with Crippen LogP contribution in [0.3, 0.4) is 0 Å². The third-order valence-electron chi connectivity index (χ3n) is 3.35. The Kier molecular flexibility index (Phi) is 3.07. The van der Waals surface area contributed by atoms with Gasteiger partial charge in [0.2, 0.25) is 0 Å². The summed E-state index contributed by atoms with van der Waals surface area (Å²) >= 11 is 0. The molecule has 1 amide bonds. The molecule has 1 saturated carbocycles. The summed E-state index contributed by atoms with van der Waals surface area (Å²) in [6.45, 7) is 1.75. The maximum absolute atomic E-state index is 12.0. The third-order valence-corrected chi connectivity index (χ3v) is 3.35. The highest BCUT2D eigenvalue weighted by atomic mass is 16.3. The number of rotatable bonds is 4. The van der Waals surface area contributed by atoms with E-state index in [0.717, 1.165) is 12.8 Å². The van der Waals surface area contributed by atoms with Gasteiger partial charge >= 0.3 is 0 Å². The van der Waals surface area contributed by atoms with Crippen molar-refractivity contribution in [3.8, 4) is 5.75 Å². The van der Waals surface area contributed by atoms with Gasteiger partial charge in [0.15, 0.2) is 0 Å². The molecule has 1 aromatic rings. The maximum atomic E-state index is 12.0. The fourth-order valence-corrected chi connectivity index (χ4v) is 1.98. The van der Waals surface area contributed by atoms with Crippen molar-refractivity contribution >= 4 is 5.91 Å². The Morgan fingerprint density at radius 1 is 1.47 bits per heavy atom. The van der Waals surface area contributed by atoms with Crippen LogP contribution in [-0.2, 0) is 0 Å². The molecule has 0 bridgehead atoms. The Labute approximate surface area is 100 Å². The molecular formula is C13H17NO3. The highest BCUT2D eigenvalue weighted by Crippen LogP contribution is 2.39. The molecule has 1 aromatic carbocycles. The number of amides is 1. The molecule has 0 spiro atoms. The topological polar surface area (TPSA) is 69.6 Å². The SMILES string of the molecule is CC(CO)(NC(=O)c1ccccc1O)C1CC1. The van der Waals surface area contributed by atoms with Crippen molar-refractivity contribution in [2.24, 2.45) is 5.92 Å². The molecular weight excluding hydrogens is 218 g/mol. The van der Waals surface area contributed by atoms with E-state index in [2.05, 4.69) is 5.32 Å². The van der Waals surface area contributed by atoms with Crippen LogP contribution >= 0.6 is 0 Å². The molecule has 1 unspecified atom stereocenters. The second-order valence-corrected chi connectivity index (χ2v) is 4.82. The third kappa shape index (κ3) is 2.42. The molecule has 0 aliphatic heterocycles. The van der Waals surface area contributed by atoms with Crippen molar-refractivity contribution in [1.82, 2.24) is 5.32 Å². The highest BCUT2D eigenvalue weighted by Gasteiger charge is 2.42. The molecule has 4 nitrogen and oxygen atoms in total. The number of para-hydroxylation sites is 1. The first-order chi connectivity index (χ1) is 8.07. The molecule has 0 saturated heterocycles. The number of nitrogens with one attached hydrogen (secondary N) is 1. The molecule has 3 N–H and O–H groups in total. The lowest BCUT2D eigenvalue weighted by Gasteiger charge is -2.28. The number of benzene rings is 1. The molecule has 17 heavy (non-hydrogen) atoms. The normalized spacial score (nSPS) is 18.5. The van der Waals surface area contributed by atoms with Crippen LogP contribution in [0.15, 0.2) is 24.3 Å². The van der Waals surface area contributed by atoms with Crippen LogP contribution in [0.1, 0.15) is 30.1 Å². The zero-order valence-electron chi connectivity index (χ0n) is 9.81. The number of hydrogen-bond acceptors (Lipinski definition) is 3. The van der Waals surface area contributed by atoms with Crippen molar-refractivity contribution in [2.75, 3.05) is 6.61 Å². The molecule has 0 heterocycles. The maximum Gasteiger partial charge on any atom is 0.255 e. The van der Waals surface area contributed by atoms with Gasteiger partial charge < -0.3 is 15.5 Å². The second-order valence-electron chi connectivity index (χ2n) is 4.82. The molecule has 1 fully saturated rings. The Bertz CT molecular complexity index is 428. The number of carbonyl (C=O) groups is 1. The first kappa shape index (κ1) is 11.9. The quantitative estimate of drug-likeness (QED) is 0.736. The predicted molar refractivity (Wildman–Crippen MR) is 63.8 cm³/mol. The van der Waals surface area contributed by atoms with Gasteiger partial charge in [0, 0.05) is 0 Å². The van der Waals surface area contributed by atoms with E-state index in [9.17, 15) is 15.0 Å². The van der Waals surface area contributed by atoms with Gasteiger partial charge in [-0.25, -0.2) is 0 Å². The second kappa shape index (κ2) is 4.37. The summed E-state index contributed by atoms with van der Waals surface area (Å²) in [4.78, 5) is 12.0. The molecule has 4 heteroatoms. The minimum Gasteiger partial charge on any atom is -0.507 e. The minimum atomic E-state index is -0.584. The van der Waals surface area contributed by atoms with Crippen LogP contribution in [0.25, 0.3) is 0 Å². The first-order valence-electron chi connectivity index (χ1n) is 5.78. The smallest absolute Gasteiger partial charge is 0.255 e. The molecule has 92 valence electrons. The minimum absolute atomic E-state index is 0.0407. The highest BCUT2D eigenvalue weighted by molar-refractivity contribution is 5.97. The number of phenolic OH excluding ortho intramolecular Hbond substituents is 1. The van der Waals surface area contributed by atoms with E-state index < -0.39 is 5.54 Å². The summed E-state index contributed by atoms with van der Waals surface area (Å²) in [7, 11) is 0. The summed E-state index contributed by atoms with van der Waals surface area (Å²) < 4.78 is 0. The Morgan fingerprint density at radius 2 is 2.12 bits per heavy atom. The first-order valence-corrected chi connectivity index (χ1v) is 5.78. The lowest BCUT2D eigenvalue weighted by Crippen LogP contribution is -2.50. The molecule has 0 radical (unpaired) electrons. The van der Waals surface area contributed by atoms with Gasteiger partial charge in [0.25, 0.3) is 5.91 Å². The van der Waals surface area contributed by atoms with Gasteiger partial charge in [-0.3, -0.25) is 4.79 Å². The number of phenols is 1. The fourth-order valence-electron chi connectivity index (χ4n) is 1.98. The van der Waals surface area contributed by atoms with Crippen LogP contribution in [-0.4, -0.2) is 28.3 Å². The van der Waals surface area contributed by atoms with Crippen molar-refractivity contribution in [3.05, 3.63) is 29.8 Å². The van der Waals surface area contributed by atoms with E-state index in [1.165, 1.54) is 6.07 Å². The van der Waals surface area contributed by atoms with Crippen molar-refractivity contribution < 1.29 is 15.0 Å². The monoisotopic (exact) mass is 235 g/mol. The number of carbonyl (C=O) groups excluding carboxylic acids is 1. The van der Waals surface area contributed by atoms with Crippen LogP contribution in [0.4, 0.5) is 0 Å². The van der Waals surface area contributed by atoms with Crippen LogP contribution in [0.2, 0.25) is 0 Å². The van der Waals surface area contributed by atoms with Gasteiger partial charge in [-0.1, -0.05) is 12.1 Å². The van der Waals surface area contributed by atoms with Gasteiger partial charge in [0.05, 0.1) is 17.7 Å². The van der Waals surface area contributed by atoms with E-state index in [4.69, 9.17) is 0 Å². The van der Waals surface area contributed by atoms with Crippen molar-refractivity contribution in [3.63, 3.8) is 0 Å². The standard InChI is InChI=1S/C13H17NO3/c1-13(8-15,9-6-7-9)14-12(17)10-4-2-3-5-11(10)16/h2-5,9,15-16H,6-8H2,1H3,(H,14,17). The summed E-state index contributed by atoms with van der Waals surface area (Å²) in [5.41, 5.74) is -0.341. The molecule has 0 aromatic heterocycles. The van der Waals surface area contributed by atoms with Gasteiger partial charge in [-0.05, 0) is 37.8 Å². The van der Waals surface area contributed by atoms with E-state index in [1.54, 1.807) is 18.2 Å². The number of hydrogen-bond donors (Lipinski definition) is 3. The summed E-state index contributed by atoms with van der Waals surface area (Å²) in [5, 5.41) is 21.8. The van der Waals surface area contributed by atoms with Crippen molar-refractivity contribution in [2.45, 2.75) is 25.3 Å². The van der Waals surface area contributed by atoms with Crippen LogP contribution < -0.4 is 5.32 Å². The van der Waals surface area contributed by atoms with E-state index in [0.29, 0.717) is 5.92 Å². The summed E-state index contributed by atoms with van der Waals surface area (Å²) in [6.07, 6.45) is 2.05. The largest absolute Gasteiger partial charge is 0.507 e. The Hall–Kier alpha value is -1.55. The Balaban J connectivity index is 2.13. The average molecular weight is 235 g/mol. The fraction of sp³-hybridized carbons (Fsp3) is 0.462. The zero-order chi connectivity index (χ0) is 12.5. The average Bonchev–Trinajstić information content (AvgIpc) is 3.13. The van der Waals surface area contributed by atoms with Crippen LogP contribution in [0.5, 0.6) is 5.75 Å². The molecule has 1 aliphatic rings. The lowest BCUT2D eigenvalue weighted by atomic mass is 9.96. The van der Waals surface area contributed by atoms with Gasteiger partial charge in [0.1, 0.15) is 5.75 Å². The van der Waals surface area contributed by atoms with E-state index >= 15 is 0 Å². The van der Waals surface area contributed by atoms with Crippen LogP contribution in [0, 0.1) is 5.92 Å². The lowest BCUT2D eigenvalue weighted by molar-refractivity contribution is 0.0822. The Morgan fingerprint density at radius 3 is 2.65 bits per heavy atom. The zero-order valence-corrected chi connectivity index (χ0v) is 9.81. The molecule has 1 aliphatic carbocycles. The van der Waals surface area contributed by atoms with Gasteiger partial charge in [-0.2, -0.15) is 0 Å². The number of aliphatic hydroxyl groups is 1. The van der Waals surface area contributed by atoms with E-state index in [1.807, 2.05) is 6.92 Å². The summed E-state index contributed by atoms with van der Waals surface area (Å²) in [5.74, 6) is -0.0464. The predicted octanol–water partition coefficient (Wildman–Crippen LogP) is 1.28. The molecule has 2 rings (SSSR count). The number of aliphatic hydroxyl groups excluding tert-OH is 1. The summed E-state index contributed by atoms with van der Waals surface area (Å²) in [6, 6.07) is 6.40.